The molecule has 0 amide bonds. The van der Waals surface area contributed by atoms with Crippen LogP contribution in [0.1, 0.15) is 67.5 Å². The molecular formula is C14H20O3. The minimum atomic E-state index is -0.235. The minimum Gasteiger partial charge on any atom is -0.468 e. The van der Waals surface area contributed by atoms with E-state index < -0.39 is 0 Å². The summed E-state index contributed by atoms with van der Waals surface area (Å²) in [6.07, 6.45) is 8.47. The van der Waals surface area contributed by atoms with Crippen molar-refractivity contribution in [2.45, 2.75) is 51.4 Å². The van der Waals surface area contributed by atoms with E-state index in [0.717, 1.165) is 25.0 Å². The summed E-state index contributed by atoms with van der Waals surface area (Å²) in [6, 6.07) is 1.74. The summed E-state index contributed by atoms with van der Waals surface area (Å²) in [7, 11) is 0. The van der Waals surface area contributed by atoms with Gasteiger partial charge in [0, 0.05) is 5.92 Å². The molecule has 0 atom stereocenters. The van der Waals surface area contributed by atoms with Gasteiger partial charge in [-0.1, -0.05) is 26.2 Å². The van der Waals surface area contributed by atoms with E-state index in [1.807, 2.05) is 6.92 Å². The zero-order chi connectivity index (χ0) is 12.1. The van der Waals surface area contributed by atoms with Crippen molar-refractivity contribution in [1.29, 1.82) is 0 Å². The molecule has 1 saturated carbocycles. The number of esters is 1. The molecule has 0 spiro atoms. The lowest BCUT2D eigenvalue weighted by atomic mass is 9.86. The van der Waals surface area contributed by atoms with Crippen molar-refractivity contribution in [2.75, 3.05) is 6.61 Å². The lowest BCUT2D eigenvalue weighted by Gasteiger charge is -2.20. The van der Waals surface area contributed by atoms with Crippen molar-refractivity contribution in [1.82, 2.24) is 0 Å². The van der Waals surface area contributed by atoms with Gasteiger partial charge in [-0.05, 0) is 25.3 Å². The van der Waals surface area contributed by atoms with Crippen molar-refractivity contribution in [2.24, 2.45) is 0 Å². The molecule has 0 unspecified atom stereocenters. The van der Waals surface area contributed by atoms with Gasteiger partial charge < -0.3 is 9.15 Å². The predicted octanol–water partition coefficient (Wildman–Crippen LogP) is 3.89. The quantitative estimate of drug-likeness (QED) is 0.744. The second-order valence-electron chi connectivity index (χ2n) is 4.67. The van der Waals surface area contributed by atoms with Crippen LogP contribution in [0.2, 0.25) is 0 Å². The molecule has 2 rings (SSSR count). The molecule has 1 aromatic heterocycles. The molecule has 0 N–H and O–H groups in total. The summed E-state index contributed by atoms with van der Waals surface area (Å²) in [5, 5.41) is 0. The Bertz CT molecular complexity index is 361. The van der Waals surface area contributed by atoms with E-state index in [1.165, 1.54) is 19.3 Å². The number of hydrogen-bond acceptors (Lipinski definition) is 3. The van der Waals surface area contributed by atoms with Gasteiger partial charge in [0.25, 0.3) is 0 Å². The van der Waals surface area contributed by atoms with Gasteiger partial charge in [0.1, 0.15) is 11.3 Å². The maximum Gasteiger partial charge on any atom is 0.341 e. The Hall–Kier alpha value is -1.25. The zero-order valence-electron chi connectivity index (χ0n) is 10.4. The van der Waals surface area contributed by atoms with Gasteiger partial charge in [-0.15, -0.1) is 0 Å². The highest BCUT2D eigenvalue weighted by atomic mass is 16.5. The fourth-order valence-electron chi connectivity index (χ4n) is 2.44. The van der Waals surface area contributed by atoms with E-state index in [1.54, 1.807) is 12.3 Å². The van der Waals surface area contributed by atoms with Crippen LogP contribution in [-0.2, 0) is 4.74 Å². The Morgan fingerprint density at radius 1 is 1.41 bits per heavy atom. The summed E-state index contributed by atoms with van der Waals surface area (Å²) in [5.74, 6) is 1.01. The van der Waals surface area contributed by atoms with Crippen LogP contribution in [0.3, 0.4) is 0 Å². The van der Waals surface area contributed by atoms with Gasteiger partial charge >= 0.3 is 5.97 Å². The largest absolute Gasteiger partial charge is 0.468 e. The lowest BCUT2D eigenvalue weighted by molar-refractivity contribution is 0.0501. The first kappa shape index (κ1) is 12.2. The van der Waals surface area contributed by atoms with Gasteiger partial charge in [0.2, 0.25) is 0 Å². The van der Waals surface area contributed by atoms with Gasteiger partial charge in [0.15, 0.2) is 0 Å². The standard InChI is InChI=1S/C14H20O3/c1-2-9-17-14(15)12-8-10-16-13(12)11-6-4-3-5-7-11/h8,10-11H,2-7,9H2,1H3. The highest BCUT2D eigenvalue weighted by Gasteiger charge is 2.25. The monoisotopic (exact) mass is 236 g/mol. The molecule has 0 saturated heterocycles. The van der Waals surface area contributed by atoms with Gasteiger partial charge in [-0.25, -0.2) is 4.79 Å². The number of rotatable bonds is 4. The van der Waals surface area contributed by atoms with Crippen LogP contribution in [0.15, 0.2) is 16.7 Å². The number of furan rings is 1. The molecule has 1 aliphatic carbocycles. The van der Waals surface area contributed by atoms with Crippen LogP contribution in [0.4, 0.5) is 0 Å². The van der Waals surface area contributed by atoms with Crippen LogP contribution in [0, 0.1) is 0 Å². The molecule has 3 heteroatoms. The first-order valence-corrected chi connectivity index (χ1v) is 6.57. The molecule has 0 aliphatic heterocycles. The molecule has 1 heterocycles. The highest BCUT2D eigenvalue weighted by Crippen LogP contribution is 2.35. The lowest BCUT2D eigenvalue weighted by Crippen LogP contribution is -2.11. The molecule has 94 valence electrons. The van der Waals surface area contributed by atoms with E-state index in [0.29, 0.717) is 18.1 Å². The van der Waals surface area contributed by atoms with Gasteiger partial charge in [-0.2, -0.15) is 0 Å². The van der Waals surface area contributed by atoms with Crippen molar-refractivity contribution in [3.05, 3.63) is 23.7 Å². The smallest absolute Gasteiger partial charge is 0.341 e. The van der Waals surface area contributed by atoms with E-state index in [9.17, 15) is 4.79 Å². The van der Waals surface area contributed by atoms with E-state index in [4.69, 9.17) is 9.15 Å². The molecule has 1 aromatic rings. The molecule has 1 fully saturated rings. The van der Waals surface area contributed by atoms with Crippen LogP contribution in [0.25, 0.3) is 0 Å². The molecule has 0 aromatic carbocycles. The Labute approximate surface area is 102 Å². The second-order valence-corrected chi connectivity index (χ2v) is 4.67. The Morgan fingerprint density at radius 2 is 2.18 bits per heavy atom. The van der Waals surface area contributed by atoms with Gasteiger partial charge in [-0.3, -0.25) is 0 Å². The summed E-state index contributed by atoms with van der Waals surface area (Å²) in [5.41, 5.74) is 0.630. The first-order chi connectivity index (χ1) is 8.33. The Kier molecular flexibility index (Phi) is 4.24. The minimum absolute atomic E-state index is 0.235. The highest BCUT2D eigenvalue weighted by molar-refractivity contribution is 5.90. The number of ether oxygens (including phenoxy) is 1. The van der Waals surface area contributed by atoms with Gasteiger partial charge in [0.05, 0.1) is 12.9 Å². The molecule has 0 bridgehead atoms. The molecule has 17 heavy (non-hydrogen) atoms. The SMILES string of the molecule is CCCOC(=O)c1ccoc1C1CCCCC1. The van der Waals surface area contributed by atoms with Crippen LogP contribution in [-0.4, -0.2) is 12.6 Å². The van der Waals surface area contributed by atoms with E-state index in [2.05, 4.69) is 0 Å². The maximum absolute atomic E-state index is 11.8. The fraction of sp³-hybridized carbons (Fsp3) is 0.643. The Morgan fingerprint density at radius 3 is 2.88 bits per heavy atom. The van der Waals surface area contributed by atoms with Crippen LogP contribution in [0.5, 0.6) is 0 Å². The number of carbonyl (C=O) groups is 1. The average molecular weight is 236 g/mol. The third-order valence-electron chi connectivity index (χ3n) is 3.33. The fourth-order valence-corrected chi connectivity index (χ4v) is 2.44. The maximum atomic E-state index is 11.8. The first-order valence-electron chi connectivity index (χ1n) is 6.57. The zero-order valence-corrected chi connectivity index (χ0v) is 10.4. The number of hydrogen-bond donors (Lipinski definition) is 0. The molecule has 3 nitrogen and oxygen atoms in total. The molecule has 1 aliphatic rings. The molecule has 0 radical (unpaired) electrons. The Balaban J connectivity index is 2.07. The summed E-state index contributed by atoms with van der Waals surface area (Å²) in [4.78, 5) is 11.8. The topological polar surface area (TPSA) is 39.4 Å². The summed E-state index contributed by atoms with van der Waals surface area (Å²) >= 11 is 0. The molecular weight excluding hydrogens is 216 g/mol. The van der Waals surface area contributed by atoms with Crippen molar-refractivity contribution < 1.29 is 13.9 Å². The number of carbonyl (C=O) groups excluding carboxylic acids is 1. The van der Waals surface area contributed by atoms with Crippen LogP contribution < -0.4 is 0 Å². The van der Waals surface area contributed by atoms with E-state index >= 15 is 0 Å². The summed E-state index contributed by atoms with van der Waals surface area (Å²) < 4.78 is 10.7. The van der Waals surface area contributed by atoms with Crippen molar-refractivity contribution in [3.8, 4) is 0 Å². The summed E-state index contributed by atoms with van der Waals surface area (Å²) in [6.45, 7) is 2.47. The van der Waals surface area contributed by atoms with Crippen molar-refractivity contribution in [3.63, 3.8) is 0 Å². The van der Waals surface area contributed by atoms with Crippen LogP contribution >= 0.6 is 0 Å². The van der Waals surface area contributed by atoms with E-state index in [-0.39, 0.29) is 5.97 Å². The normalized spacial score (nSPS) is 17.0. The second kappa shape index (κ2) is 5.89. The predicted molar refractivity (Wildman–Crippen MR) is 65.1 cm³/mol. The van der Waals surface area contributed by atoms with Crippen molar-refractivity contribution >= 4 is 5.97 Å². The third-order valence-corrected chi connectivity index (χ3v) is 3.33. The third kappa shape index (κ3) is 2.90. The average Bonchev–Trinajstić information content (AvgIpc) is 2.86.